The van der Waals surface area contributed by atoms with Crippen molar-refractivity contribution in [3.63, 3.8) is 0 Å². The fourth-order valence-electron chi connectivity index (χ4n) is 3.55. The molecule has 0 amide bonds. The lowest BCUT2D eigenvalue weighted by atomic mass is 10.0. The smallest absolute Gasteiger partial charge is 0.147 e. The number of aromatic nitrogens is 3. The van der Waals surface area contributed by atoms with Crippen LogP contribution in [0.25, 0.3) is 10.9 Å². The second-order valence-electron chi connectivity index (χ2n) is 6.06. The summed E-state index contributed by atoms with van der Waals surface area (Å²) in [5, 5.41) is 1.04. The molecular formula is C17H19FN4. The Kier molecular flexibility index (Phi) is 3.04. The van der Waals surface area contributed by atoms with Crippen LogP contribution in [-0.4, -0.2) is 26.0 Å². The molecule has 22 heavy (non-hydrogen) atoms. The maximum absolute atomic E-state index is 14.1. The predicted octanol–water partition coefficient (Wildman–Crippen LogP) is 2.91. The van der Waals surface area contributed by atoms with E-state index < -0.39 is 0 Å². The molecule has 4 nitrogen and oxygen atoms in total. The molecule has 0 unspecified atom stereocenters. The number of aryl methyl sites for hydroxylation is 2. The maximum atomic E-state index is 14.1. The number of hydrogen-bond donors (Lipinski definition) is 1. The first-order chi connectivity index (χ1) is 10.6. The Morgan fingerprint density at radius 3 is 3.00 bits per heavy atom. The van der Waals surface area contributed by atoms with Crippen molar-refractivity contribution in [3.8, 4) is 0 Å². The van der Waals surface area contributed by atoms with Gasteiger partial charge in [-0.25, -0.2) is 9.37 Å². The third-order valence-corrected chi connectivity index (χ3v) is 4.75. The highest BCUT2D eigenvalue weighted by molar-refractivity contribution is 5.86. The number of para-hydroxylation sites is 1. The molecule has 0 atom stereocenters. The minimum Gasteiger partial charge on any atom is -0.348 e. The van der Waals surface area contributed by atoms with Crippen molar-refractivity contribution >= 4 is 10.9 Å². The number of halogens is 1. The van der Waals surface area contributed by atoms with Crippen LogP contribution in [-0.2, 0) is 26.6 Å². The number of benzene rings is 1. The molecule has 0 saturated carbocycles. The fraction of sp³-hybridized carbons (Fsp3) is 0.353. The van der Waals surface area contributed by atoms with Crippen LogP contribution in [0, 0.1) is 12.7 Å². The van der Waals surface area contributed by atoms with E-state index in [4.69, 9.17) is 0 Å². The van der Waals surface area contributed by atoms with Crippen LogP contribution in [0.1, 0.15) is 22.6 Å². The lowest BCUT2D eigenvalue weighted by Crippen LogP contribution is -2.30. The van der Waals surface area contributed by atoms with Gasteiger partial charge in [0.1, 0.15) is 5.82 Å². The van der Waals surface area contributed by atoms with Crippen molar-refractivity contribution < 1.29 is 4.39 Å². The Hall–Kier alpha value is -2.14. The Labute approximate surface area is 128 Å². The first-order valence-electron chi connectivity index (χ1n) is 7.61. The Morgan fingerprint density at radius 2 is 2.23 bits per heavy atom. The zero-order chi connectivity index (χ0) is 15.3. The van der Waals surface area contributed by atoms with E-state index in [1.807, 2.05) is 24.6 Å². The highest BCUT2D eigenvalue weighted by Gasteiger charge is 2.24. The predicted molar refractivity (Wildman–Crippen MR) is 84.0 cm³/mol. The van der Waals surface area contributed by atoms with Gasteiger partial charge in [-0.3, -0.25) is 4.90 Å². The molecule has 1 N–H and O–H groups in total. The molecule has 0 bridgehead atoms. The SMILES string of the molecule is Cc1[nH]cnc1CN1CCc2c(c3cccc(F)c3n2C)C1. The number of H-pyrrole nitrogens is 1. The van der Waals surface area contributed by atoms with E-state index in [1.54, 1.807) is 18.5 Å². The van der Waals surface area contributed by atoms with Gasteiger partial charge >= 0.3 is 0 Å². The Morgan fingerprint density at radius 1 is 1.36 bits per heavy atom. The van der Waals surface area contributed by atoms with E-state index in [1.165, 1.54) is 11.3 Å². The molecule has 0 spiro atoms. The van der Waals surface area contributed by atoms with Gasteiger partial charge in [0.2, 0.25) is 0 Å². The summed E-state index contributed by atoms with van der Waals surface area (Å²) in [5.41, 5.74) is 5.46. The van der Waals surface area contributed by atoms with Crippen LogP contribution in [0.2, 0.25) is 0 Å². The number of nitrogens with zero attached hydrogens (tertiary/aromatic N) is 3. The Bertz CT molecular complexity index is 846. The van der Waals surface area contributed by atoms with Gasteiger partial charge in [-0.2, -0.15) is 0 Å². The van der Waals surface area contributed by atoms with Crippen LogP contribution in [0.15, 0.2) is 24.5 Å². The van der Waals surface area contributed by atoms with Crippen LogP contribution in [0.3, 0.4) is 0 Å². The number of rotatable bonds is 2. The van der Waals surface area contributed by atoms with Crippen molar-refractivity contribution in [3.05, 3.63) is 53.0 Å². The van der Waals surface area contributed by atoms with E-state index in [2.05, 4.69) is 14.9 Å². The lowest BCUT2D eigenvalue weighted by Gasteiger charge is -2.27. The van der Waals surface area contributed by atoms with E-state index in [9.17, 15) is 4.39 Å². The molecule has 1 aliphatic heterocycles. The zero-order valence-electron chi connectivity index (χ0n) is 12.9. The van der Waals surface area contributed by atoms with Gasteiger partial charge < -0.3 is 9.55 Å². The molecule has 4 rings (SSSR count). The van der Waals surface area contributed by atoms with Gasteiger partial charge in [0.05, 0.1) is 17.5 Å². The molecule has 1 aliphatic rings. The summed E-state index contributed by atoms with van der Waals surface area (Å²) in [7, 11) is 1.97. The average Bonchev–Trinajstić information content (AvgIpc) is 3.03. The number of aromatic amines is 1. The third kappa shape index (κ3) is 1.96. The number of hydrogen-bond acceptors (Lipinski definition) is 2. The summed E-state index contributed by atoms with van der Waals surface area (Å²) in [6.07, 6.45) is 2.69. The van der Waals surface area contributed by atoms with Crippen LogP contribution in [0.4, 0.5) is 4.39 Å². The zero-order valence-corrected chi connectivity index (χ0v) is 12.9. The molecule has 3 heterocycles. The van der Waals surface area contributed by atoms with Crippen molar-refractivity contribution in [2.75, 3.05) is 6.54 Å². The molecule has 114 valence electrons. The molecule has 0 saturated heterocycles. The summed E-state index contributed by atoms with van der Waals surface area (Å²) in [4.78, 5) is 9.90. The molecule has 5 heteroatoms. The number of fused-ring (bicyclic) bond motifs is 3. The molecular weight excluding hydrogens is 279 g/mol. The van der Waals surface area contributed by atoms with Crippen LogP contribution in [0.5, 0.6) is 0 Å². The Balaban J connectivity index is 1.71. The molecule has 0 fully saturated rings. The summed E-state index contributed by atoms with van der Waals surface area (Å²) in [6.45, 7) is 4.71. The van der Waals surface area contributed by atoms with E-state index in [0.29, 0.717) is 0 Å². The van der Waals surface area contributed by atoms with Crippen molar-refractivity contribution in [2.45, 2.75) is 26.4 Å². The molecule has 3 aromatic rings. The van der Waals surface area contributed by atoms with Crippen molar-refractivity contribution in [2.24, 2.45) is 7.05 Å². The summed E-state index contributed by atoms with van der Waals surface area (Å²) >= 11 is 0. The molecule has 0 radical (unpaired) electrons. The van der Waals surface area contributed by atoms with Crippen LogP contribution >= 0.6 is 0 Å². The second kappa shape index (κ2) is 4.95. The average molecular weight is 298 g/mol. The highest BCUT2D eigenvalue weighted by atomic mass is 19.1. The van der Waals surface area contributed by atoms with Crippen molar-refractivity contribution in [1.29, 1.82) is 0 Å². The standard InChI is InChI=1S/C17H19FN4/c1-11-15(20-10-19-11)9-22-7-6-16-13(8-22)12-4-3-5-14(18)17(12)21(16)2/h3-5,10H,6-9H2,1-2H3,(H,19,20). The monoisotopic (exact) mass is 298 g/mol. The van der Waals surface area contributed by atoms with Gasteiger partial charge in [0.15, 0.2) is 0 Å². The third-order valence-electron chi connectivity index (χ3n) is 4.75. The van der Waals surface area contributed by atoms with E-state index in [-0.39, 0.29) is 5.82 Å². The summed E-state index contributed by atoms with van der Waals surface area (Å²) in [5.74, 6) is -0.135. The van der Waals surface area contributed by atoms with E-state index in [0.717, 1.165) is 48.3 Å². The first-order valence-corrected chi connectivity index (χ1v) is 7.61. The second-order valence-corrected chi connectivity index (χ2v) is 6.06. The van der Waals surface area contributed by atoms with Crippen LogP contribution < -0.4 is 0 Å². The van der Waals surface area contributed by atoms with Crippen molar-refractivity contribution in [1.82, 2.24) is 19.4 Å². The van der Waals surface area contributed by atoms with Gasteiger partial charge in [0, 0.05) is 49.9 Å². The number of nitrogens with one attached hydrogen (secondary N) is 1. The fourth-order valence-corrected chi connectivity index (χ4v) is 3.55. The minimum absolute atomic E-state index is 0.135. The summed E-state index contributed by atoms with van der Waals surface area (Å²) < 4.78 is 16.2. The normalized spacial score (nSPS) is 15.4. The largest absolute Gasteiger partial charge is 0.348 e. The molecule has 0 aliphatic carbocycles. The van der Waals surface area contributed by atoms with Gasteiger partial charge in [0.25, 0.3) is 0 Å². The number of imidazole rings is 1. The molecule has 1 aromatic carbocycles. The summed E-state index contributed by atoms with van der Waals surface area (Å²) in [6, 6.07) is 5.37. The van der Waals surface area contributed by atoms with Gasteiger partial charge in [-0.1, -0.05) is 12.1 Å². The highest BCUT2D eigenvalue weighted by Crippen LogP contribution is 2.31. The quantitative estimate of drug-likeness (QED) is 0.790. The maximum Gasteiger partial charge on any atom is 0.147 e. The minimum atomic E-state index is -0.135. The topological polar surface area (TPSA) is 36.9 Å². The van der Waals surface area contributed by atoms with Gasteiger partial charge in [-0.05, 0) is 18.6 Å². The lowest BCUT2D eigenvalue weighted by molar-refractivity contribution is 0.241. The van der Waals surface area contributed by atoms with Gasteiger partial charge in [-0.15, -0.1) is 0 Å². The van der Waals surface area contributed by atoms with E-state index >= 15 is 0 Å². The first kappa shape index (κ1) is 13.5. The molecule has 2 aromatic heterocycles.